The molecule has 0 aromatic carbocycles. The van der Waals surface area contributed by atoms with E-state index >= 15 is 0 Å². The number of allylic oxidation sites excluding steroid dienone is 14. The predicted molar refractivity (Wildman–Crippen MR) is 321 cm³/mol. The SMILES string of the molecule is CC/C=C\C/C=C\C/C=C\C/C=C\CCCCCCC(=O)OC(COC(=O)CCCCCCCCCCCCCCCCCCCCCCCC/C=C\C/C=C\C/C=C\CCCCCCC)COP(=O)(O)OCCN. The molecular weight excluding hydrogens is 954 g/mol. The van der Waals surface area contributed by atoms with Crippen LogP contribution >= 0.6 is 7.82 Å². The first-order chi connectivity index (χ1) is 36.8. The molecule has 10 heteroatoms. The van der Waals surface area contributed by atoms with E-state index in [0.717, 1.165) is 83.5 Å². The van der Waals surface area contributed by atoms with E-state index in [-0.39, 0.29) is 38.6 Å². The molecule has 0 heterocycles. The van der Waals surface area contributed by atoms with E-state index < -0.39 is 26.5 Å². The van der Waals surface area contributed by atoms with Gasteiger partial charge in [-0.15, -0.1) is 0 Å². The van der Waals surface area contributed by atoms with Gasteiger partial charge in [0.25, 0.3) is 0 Å². The Hall–Kier alpha value is -2.81. The van der Waals surface area contributed by atoms with Gasteiger partial charge in [-0.05, 0) is 89.9 Å². The number of carbonyl (C=O) groups excluding carboxylic acids is 2. The van der Waals surface area contributed by atoms with E-state index in [4.69, 9.17) is 24.3 Å². The first kappa shape index (κ1) is 72.2. The summed E-state index contributed by atoms with van der Waals surface area (Å²) < 4.78 is 33.0. The van der Waals surface area contributed by atoms with Crippen molar-refractivity contribution in [3.63, 3.8) is 0 Å². The summed E-state index contributed by atoms with van der Waals surface area (Å²) >= 11 is 0. The molecule has 0 fully saturated rings. The van der Waals surface area contributed by atoms with Crippen molar-refractivity contribution in [3.8, 4) is 0 Å². The van der Waals surface area contributed by atoms with Crippen LogP contribution in [0.1, 0.15) is 284 Å². The number of esters is 2. The Kier molecular flexibility index (Phi) is 58.2. The quantitative estimate of drug-likeness (QED) is 0.0264. The Morgan fingerprint density at radius 1 is 0.413 bits per heavy atom. The van der Waals surface area contributed by atoms with Gasteiger partial charge in [0.05, 0.1) is 13.2 Å². The highest BCUT2D eigenvalue weighted by Gasteiger charge is 2.26. The number of hydrogen-bond donors (Lipinski definition) is 2. The zero-order valence-corrected chi connectivity index (χ0v) is 49.4. The van der Waals surface area contributed by atoms with Crippen LogP contribution in [0.3, 0.4) is 0 Å². The molecule has 0 rings (SSSR count). The first-order valence-corrected chi connectivity index (χ1v) is 32.6. The Balaban J connectivity index is 3.83. The summed E-state index contributed by atoms with van der Waals surface area (Å²) in [4.78, 5) is 35.2. The highest BCUT2D eigenvalue weighted by atomic mass is 31.2. The van der Waals surface area contributed by atoms with Gasteiger partial charge in [-0.2, -0.15) is 0 Å². The second kappa shape index (κ2) is 60.4. The van der Waals surface area contributed by atoms with Crippen molar-refractivity contribution in [1.29, 1.82) is 0 Å². The van der Waals surface area contributed by atoms with Crippen LogP contribution in [0.4, 0.5) is 0 Å². The number of hydrogen-bond acceptors (Lipinski definition) is 8. The number of phosphoric ester groups is 1. The monoisotopic (exact) mass is 1070 g/mol. The van der Waals surface area contributed by atoms with Crippen LogP contribution in [0.25, 0.3) is 0 Å². The second-order valence-corrected chi connectivity index (χ2v) is 22.0. The maximum atomic E-state index is 12.7. The normalized spacial score (nSPS) is 13.6. The van der Waals surface area contributed by atoms with E-state index in [9.17, 15) is 19.0 Å². The predicted octanol–water partition coefficient (Wildman–Crippen LogP) is 19.9. The fourth-order valence-electron chi connectivity index (χ4n) is 8.69. The van der Waals surface area contributed by atoms with E-state index in [1.165, 1.54) is 167 Å². The number of unbranched alkanes of at least 4 members (excludes halogenated alkanes) is 31. The van der Waals surface area contributed by atoms with Gasteiger partial charge >= 0.3 is 19.8 Å². The van der Waals surface area contributed by atoms with Gasteiger partial charge in [0.2, 0.25) is 0 Å². The maximum Gasteiger partial charge on any atom is 0.472 e. The third-order valence-electron chi connectivity index (χ3n) is 13.3. The molecule has 2 unspecified atom stereocenters. The highest BCUT2D eigenvalue weighted by molar-refractivity contribution is 7.47. The molecule has 0 amide bonds. The molecule has 0 aromatic heterocycles. The number of carbonyl (C=O) groups is 2. The Morgan fingerprint density at radius 2 is 0.733 bits per heavy atom. The smallest absolute Gasteiger partial charge is 0.462 e. The number of ether oxygens (including phenoxy) is 2. The summed E-state index contributed by atoms with van der Waals surface area (Å²) in [6.45, 7) is 3.60. The van der Waals surface area contributed by atoms with Crippen molar-refractivity contribution in [3.05, 3.63) is 85.1 Å². The molecule has 75 heavy (non-hydrogen) atoms. The van der Waals surface area contributed by atoms with E-state index in [2.05, 4.69) is 98.9 Å². The maximum absolute atomic E-state index is 12.7. The molecule has 3 N–H and O–H groups in total. The van der Waals surface area contributed by atoms with Gasteiger partial charge in [-0.3, -0.25) is 18.6 Å². The van der Waals surface area contributed by atoms with Crippen LogP contribution in [0.2, 0.25) is 0 Å². The standard InChI is InChI=1S/C65H116NO8P/c1-3-5-7-9-11-13-15-17-19-21-22-23-24-25-26-27-28-29-30-31-32-33-34-35-36-37-38-39-40-42-43-45-47-49-51-53-55-57-64(67)71-61-63(62-73-75(69,70)72-60-59-66)74-65(68)58-56-54-52-50-48-46-44-41-20-18-16-14-12-10-8-6-4-2/h6,8,12,14-15,17-18,20-22,24-25,44,46,63H,3-5,7,9-11,13,16,19,23,26-43,45,47-62,66H2,1-2H3,(H,69,70)/b8-6-,14-12-,17-15-,20-18-,22-21-,25-24-,46-44-. The van der Waals surface area contributed by atoms with Gasteiger partial charge in [-0.25, -0.2) is 4.57 Å². The third-order valence-corrected chi connectivity index (χ3v) is 14.2. The molecular formula is C65H116NO8P. The molecule has 0 saturated heterocycles. The van der Waals surface area contributed by atoms with E-state index in [1.807, 2.05) is 0 Å². The van der Waals surface area contributed by atoms with Crippen LogP contribution < -0.4 is 5.73 Å². The molecule has 9 nitrogen and oxygen atoms in total. The zero-order valence-electron chi connectivity index (χ0n) is 48.5. The summed E-state index contributed by atoms with van der Waals surface area (Å²) in [5.74, 6) is -0.850. The van der Waals surface area contributed by atoms with Gasteiger partial charge in [0, 0.05) is 19.4 Å². The lowest BCUT2D eigenvalue weighted by Crippen LogP contribution is -2.29. The minimum absolute atomic E-state index is 0.0467. The molecule has 0 aliphatic carbocycles. The van der Waals surface area contributed by atoms with Crippen LogP contribution in [0.5, 0.6) is 0 Å². The lowest BCUT2D eigenvalue weighted by Gasteiger charge is -2.19. The minimum atomic E-state index is -4.40. The fraction of sp³-hybridized carbons (Fsp3) is 0.754. The Morgan fingerprint density at radius 3 is 1.09 bits per heavy atom. The van der Waals surface area contributed by atoms with E-state index in [0.29, 0.717) is 6.42 Å². The van der Waals surface area contributed by atoms with Crippen molar-refractivity contribution in [1.82, 2.24) is 0 Å². The average molecular weight is 1070 g/mol. The molecule has 0 aliphatic rings. The number of rotatable bonds is 58. The summed E-state index contributed by atoms with van der Waals surface area (Å²) in [5, 5.41) is 0. The van der Waals surface area contributed by atoms with Crippen LogP contribution in [-0.2, 0) is 32.7 Å². The lowest BCUT2D eigenvalue weighted by atomic mass is 10.0. The molecule has 0 aliphatic heterocycles. The van der Waals surface area contributed by atoms with Crippen molar-refractivity contribution >= 4 is 19.8 Å². The average Bonchev–Trinajstić information content (AvgIpc) is 3.40. The summed E-state index contributed by atoms with van der Waals surface area (Å²) in [6, 6.07) is 0. The van der Waals surface area contributed by atoms with Gasteiger partial charge in [0.1, 0.15) is 6.61 Å². The lowest BCUT2D eigenvalue weighted by molar-refractivity contribution is -0.161. The Bertz CT molecular complexity index is 1500. The topological polar surface area (TPSA) is 134 Å². The van der Waals surface area contributed by atoms with Crippen molar-refractivity contribution in [2.75, 3.05) is 26.4 Å². The molecule has 0 bridgehead atoms. The molecule has 0 saturated carbocycles. The highest BCUT2D eigenvalue weighted by Crippen LogP contribution is 2.43. The van der Waals surface area contributed by atoms with Gasteiger partial charge < -0.3 is 20.1 Å². The minimum Gasteiger partial charge on any atom is -0.462 e. The summed E-state index contributed by atoms with van der Waals surface area (Å²) in [5.41, 5.74) is 5.38. The first-order valence-electron chi connectivity index (χ1n) is 31.1. The summed E-state index contributed by atoms with van der Waals surface area (Å²) in [6.07, 6.45) is 79.6. The Labute approximate surface area is 462 Å². The largest absolute Gasteiger partial charge is 0.472 e. The van der Waals surface area contributed by atoms with Crippen molar-refractivity contribution < 1.29 is 37.6 Å². The number of phosphoric acid groups is 1. The number of nitrogens with two attached hydrogens (primary N) is 1. The van der Waals surface area contributed by atoms with Gasteiger partial charge in [0.15, 0.2) is 6.10 Å². The third kappa shape index (κ3) is 60.3. The van der Waals surface area contributed by atoms with Crippen LogP contribution in [0, 0.1) is 0 Å². The fourth-order valence-corrected chi connectivity index (χ4v) is 9.46. The van der Waals surface area contributed by atoms with Crippen molar-refractivity contribution in [2.24, 2.45) is 5.73 Å². The molecule has 0 aromatic rings. The molecule has 434 valence electrons. The molecule has 0 radical (unpaired) electrons. The summed E-state index contributed by atoms with van der Waals surface area (Å²) in [7, 11) is -4.40. The second-order valence-electron chi connectivity index (χ2n) is 20.5. The molecule has 2 atom stereocenters. The van der Waals surface area contributed by atoms with Crippen LogP contribution in [-0.4, -0.2) is 49.3 Å². The van der Waals surface area contributed by atoms with Crippen LogP contribution in [0.15, 0.2) is 85.1 Å². The molecule has 0 spiro atoms. The van der Waals surface area contributed by atoms with Crippen molar-refractivity contribution in [2.45, 2.75) is 290 Å². The van der Waals surface area contributed by atoms with Gasteiger partial charge in [-0.1, -0.05) is 266 Å². The zero-order chi connectivity index (χ0) is 54.5. The van der Waals surface area contributed by atoms with E-state index in [1.54, 1.807) is 0 Å².